The second-order valence-electron chi connectivity index (χ2n) is 5.48. The Morgan fingerprint density at radius 2 is 1.96 bits per heavy atom. The lowest BCUT2D eigenvalue weighted by Gasteiger charge is -2.19. The van der Waals surface area contributed by atoms with Crippen LogP contribution >= 0.6 is 0 Å². The highest BCUT2D eigenvalue weighted by Crippen LogP contribution is 2.35. The molecule has 0 saturated heterocycles. The monoisotopic (exact) mass is 346 g/mol. The fourth-order valence-corrected chi connectivity index (χ4v) is 4.25. The summed E-state index contributed by atoms with van der Waals surface area (Å²) in [5, 5.41) is 10.9. The van der Waals surface area contributed by atoms with Crippen LogP contribution in [-0.2, 0) is 16.4 Å². The highest BCUT2D eigenvalue weighted by Gasteiger charge is 2.32. The molecule has 0 bridgehead atoms. The van der Waals surface area contributed by atoms with E-state index < -0.39 is 14.9 Å². The summed E-state index contributed by atoms with van der Waals surface area (Å²) in [5.74, 6) is -0.232. The van der Waals surface area contributed by atoms with Gasteiger partial charge in [0.15, 0.2) is 5.78 Å². The summed E-state index contributed by atoms with van der Waals surface area (Å²) in [6.07, 6.45) is 0.485. The van der Waals surface area contributed by atoms with E-state index in [4.69, 9.17) is 0 Å². The minimum Gasteiger partial charge on any atom is -0.295 e. The molecule has 2 aromatic carbocycles. The predicted octanol–water partition coefficient (Wildman–Crippen LogP) is 2.55. The van der Waals surface area contributed by atoms with Crippen LogP contribution in [0.5, 0.6) is 0 Å². The number of Topliss-reactive ketones (excluding diaryl/α,β-unsaturated/α-hetero) is 1. The van der Waals surface area contributed by atoms with Crippen molar-refractivity contribution in [3.05, 3.63) is 63.7 Å². The maximum atomic E-state index is 12.9. The molecule has 1 aliphatic rings. The normalized spacial score (nSPS) is 13.6. The van der Waals surface area contributed by atoms with Crippen molar-refractivity contribution in [3.8, 4) is 0 Å². The molecule has 124 valence electrons. The van der Waals surface area contributed by atoms with Gasteiger partial charge in [-0.2, -0.15) is 0 Å². The van der Waals surface area contributed by atoms with Crippen LogP contribution in [0.1, 0.15) is 22.8 Å². The number of anilines is 1. The van der Waals surface area contributed by atoms with Gasteiger partial charge in [0.05, 0.1) is 15.5 Å². The number of rotatable bonds is 4. The number of nitro groups is 1. The summed E-state index contributed by atoms with van der Waals surface area (Å²) in [7, 11) is -3.89. The molecule has 0 fully saturated rings. The van der Waals surface area contributed by atoms with Crippen molar-refractivity contribution in [1.82, 2.24) is 0 Å². The molecule has 8 heteroatoms. The van der Waals surface area contributed by atoms with Crippen molar-refractivity contribution in [2.24, 2.45) is 0 Å². The Labute approximate surface area is 138 Å². The fraction of sp³-hybridized carbons (Fsp3) is 0.188. The van der Waals surface area contributed by atoms with E-state index in [1.165, 1.54) is 37.3 Å². The van der Waals surface area contributed by atoms with Crippen LogP contribution in [-0.4, -0.2) is 25.7 Å². The number of nitro benzene ring substituents is 1. The predicted molar refractivity (Wildman–Crippen MR) is 87.8 cm³/mol. The number of hydrogen-bond donors (Lipinski definition) is 0. The van der Waals surface area contributed by atoms with Crippen molar-refractivity contribution in [2.45, 2.75) is 18.2 Å². The van der Waals surface area contributed by atoms with E-state index in [2.05, 4.69) is 0 Å². The van der Waals surface area contributed by atoms with Gasteiger partial charge in [-0.1, -0.05) is 18.2 Å². The quantitative estimate of drug-likeness (QED) is 0.481. The molecule has 2 aromatic rings. The van der Waals surface area contributed by atoms with E-state index in [0.29, 0.717) is 17.7 Å². The van der Waals surface area contributed by atoms with Gasteiger partial charge in [-0.25, -0.2) is 8.42 Å². The lowest BCUT2D eigenvalue weighted by molar-refractivity contribution is -0.384. The van der Waals surface area contributed by atoms with Crippen LogP contribution in [0.3, 0.4) is 0 Å². The minimum absolute atomic E-state index is 0.00504. The van der Waals surface area contributed by atoms with E-state index in [1.807, 2.05) is 0 Å². The Morgan fingerprint density at radius 1 is 1.21 bits per heavy atom. The topological polar surface area (TPSA) is 97.6 Å². The molecule has 0 saturated carbocycles. The van der Waals surface area contributed by atoms with Gasteiger partial charge >= 0.3 is 0 Å². The van der Waals surface area contributed by atoms with Gasteiger partial charge in [0.1, 0.15) is 0 Å². The molecule has 0 unspecified atom stereocenters. The lowest BCUT2D eigenvalue weighted by atomic mass is 10.1. The van der Waals surface area contributed by atoms with Crippen LogP contribution in [0.2, 0.25) is 0 Å². The second-order valence-corrected chi connectivity index (χ2v) is 7.34. The zero-order valence-corrected chi connectivity index (χ0v) is 13.6. The lowest BCUT2D eigenvalue weighted by Crippen LogP contribution is -2.29. The summed E-state index contributed by atoms with van der Waals surface area (Å²) in [5.41, 5.74) is 1.20. The van der Waals surface area contributed by atoms with Crippen molar-refractivity contribution < 1.29 is 18.1 Å². The molecular weight excluding hydrogens is 332 g/mol. The zero-order valence-electron chi connectivity index (χ0n) is 12.8. The molecule has 0 spiro atoms. The number of benzene rings is 2. The molecule has 0 N–H and O–H groups in total. The van der Waals surface area contributed by atoms with Crippen molar-refractivity contribution in [3.63, 3.8) is 0 Å². The van der Waals surface area contributed by atoms with E-state index >= 15 is 0 Å². The average Bonchev–Trinajstić information content (AvgIpc) is 2.98. The molecule has 0 aromatic heterocycles. The Kier molecular flexibility index (Phi) is 3.84. The van der Waals surface area contributed by atoms with Gasteiger partial charge in [0.25, 0.3) is 15.7 Å². The number of nitrogens with zero attached hydrogens (tertiary/aromatic N) is 2. The third kappa shape index (κ3) is 2.65. The number of ketones is 1. The zero-order chi connectivity index (χ0) is 17.5. The minimum atomic E-state index is -3.89. The summed E-state index contributed by atoms with van der Waals surface area (Å²) < 4.78 is 27.0. The Bertz CT molecular complexity index is 953. The SMILES string of the molecule is CC(=O)c1cccc(S(=O)(=O)N2CCc3ccc([N+](=O)[O-])cc32)c1. The Hall–Kier alpha value is -2.74. The van der Waals surface area contributed by atoms with Gasteiger partial charge in [-0.15, -0.1) is 0 Å². The molecule has 0 radical (unpaired) electrons. The van der Waals surface area contributed by atoms with E-state index in [1.54, 1.807) is 12.1 Å². The first-order chi connectivity index (χ1) is 11.3. The number of fused-ring (bicyclic) bond motifs is 1. The van der Waals surface area contributed by atoms with Crippen molar-refractivity contribution in [2.75, 3.05) is 10.8 Å². The van der Waals surface area contributed by atoms with Gasteiger partial charge < -0.3 is 0 Å². The molecule has 0 aliphatic carbocycles. The van der Waals surface area contributed by atoms with Crippen LogP contribution in [0.4, 0.5) is 11.4 Å². The maximum Gasteiger partial charge on any atom is 0.271 e. The number of non-ortho nitro benzene ring substituents is 1. The largest absolute Gasteiger partial charge is 0.295 e. The Morgan fingerprint density at radius 3 is 2.62 bits per heavy atom. The van der Waals surface area contributed by atoms with Gasteiger partial charge in [-0.3, -0.25) is 19.2 Å². The van der Waals surface area contributed by atoms with Crippen molar-refractivity contribution >= 4 is 27.2 Å². The van der Waals surface area contributed by atoms with Gasteiger partial charge in [0, 0.05) is 24.2 Å². The molecule has 7 nitrogen and oxygen atoms in total. The number of carbonyl (C=O) groups excluding carboxylic acids is 1. The molecule has 0 atom stereocenters. The number of hydrogen-bond acceptors (Lipinski definition) is 5. The van der Waals surface area contributed by atoms with Gasteiger partial charge in [-0.05, 0) is 31.0 Å². The highest BCUT2D eigenvalue weighted by molar-refractivity contribution is 7.92. The molecule has 1 heterocycles. The van der Waals surface area contributed by atoms with Crippen LogP contribution in [0, 0.1) is 10.1 Å². The van der Waals surface area contributed by atoms with Crippen LogP contribution in [0.25, 0.3) is 0 Å². The average molecular weight is 346 g/mol. The summed E-state index contributed by atoms with van der Waals surface area (Å²) in [4.78, 5) is 21.9. The first kappa shape index (κ1) is 16.1. The van der Waals surface area contributed by atoms with Crippen LogP contribution in [0.15, 0.2) is 47.4 Å². The van der Waals surface area contributed by atoms with Gasteiger partial charge in [0.2, 0.25) is 0 Å². The Balaban J connectivity index is 2.08. The first-order valence-corrected chi connectivity index (χ1v) is 8.66. The smallest absolute Gasteiger partial charge is 0.271 e. The van der Waals surface area contributed by atoms with E-state index in [0.717, 1.165) is 9.87 Å². The fourth-order valence-electron chi connectivity index (χ4n) is 2.70. The molecular formula is C16H14N2O5S. The number of carbonyl (C=O) groups is 1. The first-order valence-electron chi connectivity index (χ1n) is 7.22. The number of sulfonamides is 1. The maximum absolute atomic E-state index is 12.9. The molecule has 0 amide bonds. The summed E-state index contributed by atoms with van der Waals surface area (Å²) in [6.45, 7) is 1.57. The summed E-state index contributed by atoms with van der Waals surface area (Å²) >= 11 is 0. The highest BCUT2D eigenvalue weighted by atomic mass is 32.2. The standard InChI is InChI=1S/C16H14N2O5S/c1-11(19)13-3-2-4-15(9-13)24(22,23)17-8-7-12-5-6-14(18(20)21)10-16(12)17/h2-6,9-10H,7-8H2,1H3. The molecule has 24 heavy (non-hydrogen) atoms. The molecule has 1 aliphatic heterocycles. The molecule has 3 rings (SSSR count). The van der Waals surface area contributed by atoms with Crippen LogP contribution < -0.4 is 4.31 Å². The summed E-state index contributed by atoms with van der Waals surface area (Å²) in [6, 6.07) is 10.0. The third-order valence-electron chi connectivity index (χ3n) is 3.96. The second kappa shape index (κ2) is 5.72. The third-order valence-corrected chi connectivity index (χ3v) is 5.77. The van der Waals surface area contributed by atoms with Crippen molar-refractivity contribution in [1.29, 1.82) is 0 Å². The van der Waals surface area contributed by atoms with E-state index in [9.17, 15) is 23.3 Å². The van der Waals surface area contributed by atoms with E-state index in [-0.39, 0.29) is 22.9 Å².